The molecule has 13 atom stereocenters. The minimum atomic E-state index is 0.609. The third kappa shape index (κ3) is 8.31. The van der Waals surface area contributed by atoms with E-state index in [2.05, 4.69) is 76.5 Å². The normalized spacial score (nSPS) is 38.3. The molecule has 3 rings (SSSR count). The van der Waals surface area contributed by atoms with Gasteiger partial charge in [-0.2, -0.15) is 0 Å². The Morgan fingerprint density at radius 2 is 1.57 bits per heavy atom. The second kappa shape index (κ2) is 15.0. The van der Waals surface area contributed by atoms with Gasteiger partial charge < -0.3 is 0 Å². The molecular weight excluding hydrogens is 482 g/mol. The second-order valence-electron chi connectivity index (χ2n) is 15.1. The molecule has 0 bridgehead atoms. The van der Waals surface area contributed by atoms with E-state index in [-0.39, 0.29) is 0 Å². The number of fused-ring (bicyclic) bond motifs is 3. The van der Waals surface area contributed by atoms with Crippen molar-refractivity contribution in [3.05, 3.63) is 12.2 Å². The van der Waals surface area contributed by atoms with E-state index in [1.54, 1.807) is 0 Å². The molecule has 0 amide bonds. The van der Waals surface area contributed by atoms with Crippen molar-refractivity contribution in [3.8, 4) is 0 Å². The third-order valence-corrected chi connectivity index (χ3v) is 15.2. The lowest BCUT2D eigenvalue weighted by Gasteiger charge is -2.51. The molecule has 0 aromatic carbocycles. The van der Waals surface area contributed by atoms with Gasteiger partial charge in [0.1, 0.15) is 0 Å². The molecule has 2 saturated carbocycles. The van der Waals surface area contributed by atoms with Crippen LogP contribution in [0.25, 0.3) is 0 Å². The van der Waals surface area contributed by atoms with Crippen molar-refractivity contribution < 1.29 is 0 Å². The summed E-state index contributed by atoms with van der Waals surface area (Å²) in [5, 5.41) is 0.822. The topological polar surface area (TPSA) is 0 Å². The summed E-state index contributed by atoms with van der Waals surface area (Å²) in [6.07, 6.45) is 24.1. The Kier molecular flexibility index (Phi) is 13.0. The van der Waals surface area contributed by atoms with Gasteiger partial charge in [0.15, 0.2) is 0 Å². The van der Waals surface area contributed by atoms with E-state index in [0.29, 0.717) is 5.41 Å². The van der Waals surface area contributed by atoms with Gasteiger partial charge in [0.05, 0.1) is 0 Å². The van der Waals surface area contributed by atoms with Crippen LogP contribution >= 0.6 is 17.8 Å². The van der Waals surface area contributed by atoms with Crippen molar-refractivity contribution in [1.82, 2.24) is 0 Å². The summed E-state index contributed by atoms with van der Waals surface area (Å²) in [7, 11) is 4.17. The zero-order valence-corrected chi connectivity index (χ0v) is 28.4. The van der Waals surface area contributed by atoms with Crippen molar-refractivity contribution in [2.75, 3.05) is 6.66 Å². The van der Waals surface area contributed by atoms with Crippen LogP contribution in [0.3, 0.4) is 0 Å². The number of allylic oxidation sites excluding steroid dienone is 2. The van der Waals surface area contributed by atoms with Crippen molar-refractivity contribution in [3.63, 3.8) is 0 Å². The van der Waals surface area contributed by atoms with E-state index in [1.165, 1.54) is 83.5 Å². The lowest BCUT2D eigenvalue weighted by Crippen LogP contribution is -2.44. The quantitative estimate of drug-likeness (QED) is 0.178. The number of hydrogen-bond acceptors (Lipinski definition) is 0. The molecule has 3 aliphatic rings. The largest absolute Gasteiger partial charge is 0.130 e. The molecule has 0 N–H and O–H groups in total. The summed E-state index contributed by atoms with van der Waals surface area (Å²) in [5.74, 6) is 9.18. The van der Waals surface area contributed by atoms with Gasteiger partial charge in [-0.1, -0.05) is 92.7 Å². The van der Waals surface area contributed by atoms with Gasteiger partial charge in [-0.05, 0) is 128 Å². The summed E-state index contributed by atoms with van der Waals surface area (Å²) in [6.45, 7) is 20.2. The SMILES string of the molecule is CPC(P)C(C)CCC(C)C1CC=CCC2C(CCC3(C)C(C(C)CCCC(C)C)CCC23)C(C)CC1. The Balaban J connectivity index is 1.62. The molecular formula is C35H66P2. The van der Waals surface area contributed by atoms with Crippen LogP contribution < -0.4 is 0 Å². The third-order valence-electron chi connectivity index (χ3n) is 12.3. The predicted molar refractivity (Wildman–Crippen MR) is 174 cm³/mol. The van der Waals surface area contributed by atoms with E-state index in [4.69, 9.17) is 0 Å². The molecule has 0 aromatic heterocycles. The average molecular weight is 549 g/mol. The fourth-order valence-corrected chi connectivity index (χ4v) is 10.4. The molecule has 37 heavy (non-hydrogen) atoms. The summed E-state index contributed by atoms with van der Waals surface area (Å²) in [6, 6.07) is 0. The molecule has 0 spiro atoms. The molecule has 0 heterocycles. The maximum absolute atomic E-state index is 3.11. The predicted octanol–water partition coefficient (Wildman–Crippen LogP) is 11.5. The molecule has 0 nitrogen and oxygen atoms in total. The summed E-state index contributed by atoms with van der Waals surface area (Å²) in [5.41, 5.74) is 0.609. The van der Waals surface area contributed by atoms with E-state index < -0.39 is 0 Å². The van der Waals surface area contributed by atoms with Crippen molar-refractivity contribution in [1.29, 1.82) is 0 Å². The standard InChI is InChI=1S/C35H66P2/c1-24(2)12-11-13-27(5)32-20-21-33-31-15-10-9-14-29(25(3)16-17-28(6)34(36)37-8)19-18-26(4)30(31)22-23-35(32,33)7/h9-10,24-34,37H,11-23,36H2,1-8H3. The Hall–Kier alpha value is 0.600. The molecule has 0 aliphatic heterocycles. The molecule has 0 radical (unpaired) electrons. The smallest absolute Gasteiger partial charge is 0.00666 e. The first kappa shape index (κ1) is 32.1. The Morgan fingerprint density at radius 3 is 2.27 bits per heavy atom. The minimum Gasteiger partial charge on any atom is -0.130 e. The highest BCUT2D eigenvalue weighted by atomic mass is 31.1. The van der Waals surface area contributed by atoms with Crippen LogP contribution in [-0.4, -0.2) is 12.1 Å². The van der Waals surface area contributed by atoms with Crippen LogP contribution in [-0.2, 0) is 0 Å². The monoisotopic (exact) mass is 548 g/mol. The highest BCUT2D eigenvalue weighted by molar-refractivity contribution is 7.49. The molecule has 216 valence electrons. The van der Waals surface area contributed by atoms with Crippen molar-refractivity contribution >= 4 is 17.8 Å². The van der Waals surface area contributed by atoms with Crippen molar-refractivity contribution in [2.45, 2.75) is 137 Å². The lowest BCUT2D eigenvalue weighted by atomic mass is 9.53. The molecule has 13 unspecified atom stereocenters. The maximum Gasteiger partial charge on any atom is -0.00666 e. The zero-order chi connectivity index (χ0) is 27.2. The fourth-order valence-electron chi connectivity index (χ4n) is 9.46. The first-order valence-electron chi connectivity index (χ1n) is 16.7. The number of rotatable bonds is 11. The van der Waals surface area contributed by atoms with Crippen LogP contribution in [0.1, 0.15) is 132 Å². The molecule has 3 aliphatic carbocycles. The average Bonchev–Trinajstić information content (AvgIpc) is 3.22. The van der Waals surface area contributed by atoms with Gasteiger partial charge in [-0.3, -0.25) is 0 Å². The summed E-state index contributed by atoms with van der Waals surface area (Å²) < 4.78 is 0. The van der Waals surface area contributed by atoms with E-state index >= 15 is 0 Å². The first-order valence-corrected chi connectivity index (χ1v) is 18.9. The number of hydrogen-bond donors (Lipinski definition) is 0. The Morgan fingerprint density at radius 1 is 0.838 bits per heavy atom. The Labute approximate surface area is 238 Å². The van der Waals surface area contributed by atoms with Crippen LogP contribution in [0, 0.1) is 64.6 Å². The van der Waals surface area contributed by atoms with Gasteiger partial charge in [-0.15, -0.1) is 17.8 Å². The van der Waals surface area contributed by atoms with E-state index in [9.17, 15) is 0 Å². The van der Waals surface area contributed by atoms with Gasteiger partial charge in [0.25, 0.3) is 0 Å². The highest BCUT2D eigenvalue weighted by Crippen LogP contribution is 2.63. The van der Waals surface area contributed by atoms with Gasteiger partial charge in [0.2, 0.25) is 0 Å². The highest BCUT2D eigenvalue weighted by Gasteiger charge is 2.54. The molecule has 0 aromatic rings. The maximum atomic E-state index is 3.11. The van der Waals surface area contributed by atoms with Crippen LogP contribution in [0.4, 0.5) is 0 Å². The Bertz CT molecular complexity index is 685. The summed E-state index contributed by atoms with van der Waals surface area (Å²) in [4.78, 5) is 0. The lowest BCUT2D eigenvalue weighted by molar-refractivity contribution is -0.0218. The van der Waals surface area contributed by atoms with Gasteiger partial charge in [-0.25, -0.2) is 0 Å². The van der Waals surface area contributed by atoms with E-state index in [1.807, 2.05) is 0 Å². The van der Waals surface area contributed by atoms with Gasteiger partial charge in [0, 0.05) is 0 Å². The minimum absolute atomic E-state index is 0.609. The van der Waals surface area contributed by atoms with Crippen LogP contribution in [0.2, 0.25) is 0 Å². The first-order chi connectivity index (χ1) is 17.6. The zero-order valence-electron chi connectivity index (χ0n) is 26.3. The molecule has 2 fully saturated rings. The van der Waals surface area contributed by atoms with Crippen molar-refractivity contribution in [2.24, 2.45) is 64.6 Å². The second-order valence-corrected chi connectivity index (χ2v) is 17.7. The van der Waals surface area contributed by atoms with Crippen LogP contribution in [0.5, 0.6) is 0 Å². The van der Waals surface area contributed by atoms with Gasteiger partial charge >= 0.3 is 0 Å². The molecule has 0 saturated heterocycles. The fraction of sp³-hybridized carbons (Fsp3) is 0.943. The molecule has 2 heteroatoms. The van der Waals surface area contributed by atoms with E-state index in [0.717, 1.165) is 73.2 Å². The van der Waals surface area contributed by atoms with Crippen LogP contribution in [0.15, 0.2) is 12.2 Å². The summed E-state index contributed by atoms with van der Waals surface area (Å²) >= 11 is 0.